The minimum Gasteiger partial charge on any atom is -0.345 e. The van der Waals surface area contributed by atoms with Gasteiger partial charge in [-0.3, -0.25) is 4.79 Å². The van der Waals surface area contributed by atoms with Crippen LogP contribution in [-0.2, 0) is 0 Å². The average Bonchev–Trinajstić information content (AvgIpc) is 2.98. The molecule has 1 N–H and O–H groups in total. The molecule has 0 spiro atoms. The molecule has 124 valence electrons. The number of hydrogen-bond donors (Lipinski definition) is 1. The van der Waals surface area contributed by atoms with Gasteiger partial charge in [0.1, 0.15) is 0 Å². The van der Waals surface area contributed by atoms with Gasteiger partial charge in [-0.1, -0.05) is 29.8 Å². The minimum absolute atomic E-state index is 0.186. The number of hydrogen-bond acceptors (Lipinski definition) is 3. The number of pyridine rings is 1. The highest BCUT2D eigenvalue weighted by molar-refractivity contribution is 6.31. The molecule has 3 rings (SSSR count). The molecule has 1 amide bonds. The molecule has 2 aromatic heterocycles. The Hall–Kier alpha value is -2.40. The first-order chi connectivity index (χ1) is 11.5. The van der Waals surface area contributed by atoms with E-state index in [2.05, 4.69) is 15.4 Å². The lowest BCUT2D eigenvalue weighted by Gasteiger charge is -2.15. The van der Waals surface area contributed by atoms with Crippen molar-refractivity contribution in [3.63, 3.8) is 0 Å². The molecule has 1 atom stereocenters. The van der Waals surface area contributed by atoms with Crippen LogP contribution < -0.4 is 5.32 Å². The summed E-state index contributed by atoms with van der Waals surface area (Å²) in [4.78, 5) is 16.9. The van der Waals surface area contributed by atoms with Crippen LogP contribution in [0.5, 0.6) is 0 Å². The van der Waals surface area contributed by atoms with E-state index in [1.54, 1.807) is 12.4 Å². The van der Waals surface area contributed by atoms with Crippen molar-refractivity contribution in [2.75, 3.05) is 0 Å². The van der Waals surface area contributed by atoms with Gasteiger partial charge >= 0.3 is 0 Å². The summed E-state index contributed by atoms with van der Waals surface area (Å²) in [5, 5.41) is 8.76. The lowest BCUT2D eigenvalue weighted by atomic mass is 10.1. The van der Waals surface area contributed by atoms with Crippen molar-refractivity contribution < 1.29 is 4.79 Å². The van der Waals surface area contributed by atoms with Crippen molar-refractivity contribution in [2.24, 2.45) is 0 Å². The molecule has 1 unspecified atom stereocenters. The summed E-state index contributed by atoms with van der Waals surface area (Å²) in [7, 11) is 0. The molecule has 0 fully saturated rings. The highest BCUT2D eigenvalue weighted by atomic mass is 35.5. The molecule has 1 aromatic carbocycles. The Balaban J connectivity index is 1.82. The molecule has 0 bridgehead atoms. The van der Waals surface area contributed by atoms with Crippen LogP contribution in [0.15, 0.2) is 42.7 Å². The zero-order valence-electron chi connectivity index (χ0n) is 13.8. The maximum absolute atomic E-state index is 12.5. The lowest BCUT2D eigenvalue weighted by Crippen LogP contribution is -2.26. The smallest absolute Gasteiger partial charge is 0.253 e. The predicted molar refractivity (Wildman–Crippen MR) is 95.2 cm³/mol. The largest absolute Gasteiger partial charge is 0.345 e. The zero-order valence-corrected chi connectivity index (χ0v) is 14.6. The molecule has 24 heavy (non-hydrogen) atoms. The Morgan fingerprint density at radius 2 is 1.96 bits per heavy atom. The van der Waals surface area contributed by atoms with Gasteiger partial charge < -0.3 is 5.32 Å². The summed E-state index contributed by atoms with van der Waals surface area (Å²) in [6.07, 6.45) is 3.31. The van der Waals surface area contributed by atoms with Crippen molar-refractivity contribution in [3.05, 3.63) is 58.9 Å². The fourth-order valence-corrected chi connectivity index (χ4v) is 2.93. The third-order valence-corrected chi connectivity index (χ3v) is 4.25. The number of rotatable bonds is 4. The van der Waals surface area contributed by atoms with Crippen molar-refractivity contribution in [1.29, 1.82) is 0 Å². The van der Waals surface area contributed by atoms with E-state index < -0.39 is 0 Å². The van der Waals surface area contributed by atoms with Gasteiger partial charge in [-0.2, -0.15) is 5.10 Å². The number of nitrogens with one attached hydrogen (secondary N) is 1. The standard InChI is InChI=1S/C18H19ClN4O/c1-11(2)23-17-13(10-21-23)8-14(9-20-17)18(24)22-12(3)15-6-4-5-7-16(15)19/h4-12H,1-3H3,(H,22,24). The topological polar surface area (TPSA) is 59.8 Å². The zero-order chi connectivity index (χ0) is 17.3. The van der Waals surface area contributed by atoms with E-state index in [1.807, 2.05) is 55.8 Å². The van der Waals surface area contributed by atoms with Crippen molar-refractivity contribution in [3.8, 4) is 0 Å². The van der Waals surface area contributed by atoms with Gasteiger partial charge in [0.15, 0.2) is 5.65 Å². The number of halogens is 1. The predicted octanol–water partition coefficient (Wildman–Crippen LogP) is 4.16. The summed E-state index contributed by atoms with van der Waals surface area (Å²) in [6, 6.07) is 9.32. The third-order valence-electron chi connectivity index (χ3n) is 3.90. The van der Waals surface area contributed by atoms with Gasteiger partial charge in [0.25, 0.3) is 5.91 Å². The minimum atomic E-state index is -0.194. The fraction of sp³-hybridized carbons (Fsp3) is 0.278. The highest BCUT2D eigenvalue weighted by Gasteiger charge is 2.15. The number of fused-ring (bicyclic) bond motifs is 1. The first-order valence-corrected chi connectivity index (χ1v) is 8.23. The van der Waals surface area contributed by atoms with Crippen LogP contribution in [-0.4, -0.2) is 20.7 Å². The lowest BCUT2D eigenvalue weighted by molar-refractivity contribution is 0.0939. The van der Waals surface area contributed by atoms with Crippen molar-refractivity contribution in [1.82, 2.24) is 20.1 Å². The summed E-state index contributed by atoms with van der Waals surface area (Å²) in [5.41, 5.74) is 2.17. The number of carbonyl (C=O) groups excluding carboxylic acids is 1. The normalized spacial score (nSPS) is 12.5. The van der Waals surface area contributed by atoms with E-state index in [1.165, 1.54) is 0 Å². The number of nitrogens with zero attached hydrogens (tertiary/aromatic N) is 3. The van der Waals surface area contributed by atoms with Gasteiger partial charge in [0, 0.05) is 22.6 Å². The molecular formula is C18H19ClN4O. The van der Waals surface area contributed by atoms with Gasteiger partial charge in [-0.05, 0) is 38.5 Å². The van der Waals surface area contributed by atoms with Gasteiger partial charge in [0.05, 0.1) is 17.8 Å². The maximum atomic E-state index is 12.5. The van der Waals surface area contributed by atoms with Gasteiger partial charge in [-0.15, -0.1) is 0 Å². The summed E-state index contributed by atoms with van der Waals surface area (Å²) in [5.74, 6) is -0.186. The van der Waals surface area contributed by atoms with Crippen LogP contribution in [0.1, 0.15) is 48.8 Å². The van der Waals surface area contributed by atoms with E-state index in [-0.39, 0.29) is 18.0 Å². The molecule has 0 aliphatic carbocycles. The van der Waals surface area contributed by atoms with Crippen molar-refractivity contribution >= 4 is 28.5 Å². The Kier molecular flexibility index (Phi) is 4.53. The van der Waals surface area contributed by atoms with E-state index in [4.69, 9.17) is 11.6 Å². The Labute approximate surface area is 145 Å². The second-order valence-corrected chi connectivity index (χ2v) is 6.44. The maximum Gasteiger partial charge on any atom is 0.253 e. The summed E-state index contributed by atoms with van der Waals surface area (Å²) < 4.78 is 1.84. The van der Waals surface area contributed by atoms with Crippen LogP contribution in [0, 0.1) is 0 Å². The average molecular weight is 343 g/mol. The second kappa shape index (κ2) is 6.61. The van der Waals surface area contributed by atoms with Crippen LogP contribution in [0.2, 0.25) is 5.02 Å². The second-order valence-electron chi connectivity index (χ2n) is 6.04. The van der Waals surface area contributed by atoms with Gasteiger partial charge in [0.2, 0.25) is 0 Å². The van der Waals surface area contributed by atoms with Crippen LogP contribution in [0.4, 0.5) is 0 Å². The van der Waals surface area contributed by atoms with E-state index in [9.17, 15) is 4.79 Å². The molecule has 0 saturated heterocycles. The third kappa shape index (κ3) is 3.12. The van der Waals surface area contributed by atoms with Crippen LogP contribution >= 0.6 is 11.6 Å². The Morgan fingerprint density at radius 3 is 2.67 bits per heavy atom. The first kappa shape index (κ1) is 16.5. The SMILES string of the molecule is CC(NC(=O)c1cnc2c(cnn2C(C)C)c1)c1ccccc1Cl. The molecule has 0 radical (unpaired) electrons. The molecule has 2 heterocycles. The number of amides is 1. The highest BCUT2D eigenvalue weighted by Crippen LogP contribution is 2.23. The Bertz CT molecular complexity index is 888. The van der Waals surface area contributed by atoms with Crippen LogP contribution in [0.3, 0.4) is 0 Å². The molecule has 0 saturated carbocycles. The Morgan fingerprint density at radius 1 is 1.21 bits per heavy atom. The monoisotopic (exact) mass is 342 g/mol. The van der Waals surface area contributed by atoms with E-state index >= 15 is 0 Å². The molecule has 6 heteroatoms. The fourth-order valence-electron chi connectivity index (χ4n) is 2.63. The van der Waals surface area contributed by atoms with E-state index in [0.717, 1.165) is 16.6 Å². The molecular weight excluding hydrogens is 324 g/mol. The molecule has 0 aliphatic heterocycles. The molecule has 0 aliphatic rings. The summed E-state index contributed by atoms with van der Waals surface area (Å²) >= 11 is 6.18. The number of benzene rings is 1. The van der Waals surface area contributed by atoms with Crippen LogP contribution in [0.25, 0.3) is 11.0 Å². The number of aromatic nitrogens is 3. The van der Waals surface area contributed by atoms with E-state index in [0.29, 0.717) is 10.6 Å². The molecule has 5 nitrogen and oxygen atoms in total. The van der Waals surface area contributed by atoms with Gasteiger partial charge in [-0.25, -0.2) is 9.67 Å². The number of carbonyl (C=O) groups is 1. The van der Waals surface area contributed by atoms with Crippen molar-refractivity contribution in [2.45, 2.75) is 32.9 Å². The first-order valence-electron chi connectivity index (χ1n) is 7.86. The summed E-state index contributed by atoms with van der Waals surface area (Å²) in [6.45, 7) is 5.99. The molecule has 3 aromatic rings. The quantitative estimate of drug-likeness (QED) is 0.774.